The average Bonchev–Trinajstić information content (AvgIpc) is 3.20. The number of anilines is 1. The molecule has 3 aromatic heterocycles. The second kappa shape index (κ2) is 6.60. The number of rotatable bonds is 4. The normalized spacial score (nSPS) is 10.8. The number of benzene rings is 1. The Bertz CT molecular complexity index is 1120. The number of hydrogen-bond acceptors (Lipinski definition) is 5. The summed E-state index contributed by atoms with van der Waals surface area (Å²) in [5.41, 5.74) is 0.897. The highest BCUT2D eigenvalue weighted by Gasteiger charge is 2.08. The average molecular weight is 346 g/mol. The van der Waals surface area contributed by atoms with E-state index in [1.165, 1.54) is 10.9 Å². The number of imidazole rings is 1. The van der Waals surface area contributed by atoms with Crippen LogP contribution in [-0.4, -0.2) is 30.0 Å². The van der Waals surface area contributed by atoms with Crippen molar-refractivity contribution in [1.29, 1.82) is 0 Å². The fourth-order valence-electron chi connectivity index (χ4n) is 2.58. The minimum Gasteiger partial charge on any atom is -0.323 e. The van der Waals surface area contributed by atoms with E-state index < -0.39 is 0 Å². The lowest BCUT2D eigenvalue weighted by Crippen LogP contribution is -2.27. The van der Waals surface area contributed by atoms with Crippen LogP contribution in [0.2, 0.25) is 0 Å². The van der Waals surface area contributed by atoms with Crippen LogP contribution in [0.5, 0.6) is 0 Å². The van der Waals surface area contributed by atoms with E-state index in [-0.39, 0.29) is 18.0 Å². The van der Waals surface area contributed by atoms with Crippen molar-refractivity contribution < 1.29 is 4.79 Å². The van der Waals surface area contributed by atoms with Crippen LogP contribution >= 0.6 is 0 Å². The molecule has 8 nitrogen and oxygen atoms in total. The van der Waals surface area contributed by atoms with Crippen molar-refractivity contribution in [2.45, 2.75) is 6.54 Å². The highest BCUT2D eigenvalue weighted by Crippen LogP contribution is 2.10. The Morgan fingerprint density at radius 2 is 1.96 bits per heavy atom. The number of amides is 1. The number of pyridine rings is 1. The first kappa shape index (κ1) is 15.7. The summed E-state index contributed by atoms with van der Waals surface area (Å²) in [5.74, 6) is 0.358. The minimum absolute atomic E-state index is 0.125. The molecule has 8 heteroatoms. The molecule has 0 aliphatic rings. The lowest BCUT2D eigenvalue weighted by Gasteiger charge is -2.08. The summed E-state index contributed by atoms with van der Waals surface area (Å²) < 4.78 is 3.04. The van der Waals surface area contributed by atoms with E-state index in [2.05, 4.69) is 20.3 Å². The molecule has 4 aromatic rings. The topological polar surface area (TPSA) is 94.7 Å². The molecule has 0 radical (unpaired) electrons. The fraction of sp³-hybridized carbons (Fsp3) is 0.0556. The lowest BCUT2D eigenvalue weighted by atomic mass is 10.2. The highest BCUT2D eigenvalue weighted by molar-refractivity contribution is 5.90. The number of hydrogen-bond donors (Lipinski definition) is 1. The van der Waals surface area contributed by atoms with Crippen LogP contribution in [0.1, 0.15) is 0 Å². The predicted molar refractivity (Wildman–Crippen MR) is 96.0 cm³/mol. The van der Waals surface area contributed by atoms with E-state index in [4.69, 9.17) is 0 Å². The molecule has 1 N–H and O–H groups in total. The van der Waals surface area contributed by atoms with Crippen LogP contribution in [-0.2, 0) is 11.3 Å². The first-order chi connectivity index (χ1) is 12.7. The van der Waals surface area contributed by atoms with Gasteiger partial charge >= 0.3 is 0 Å². The van der Waals surface area contributed by atoms with Crippen LogP contribution in [0, 0.1) is 0 Å². The third kappa shape index (κ3) is 3.07. The Kier molecular flexibility index (Phi) is 3.98. The molecule has 1 aromatic carbocycles. The van der Waals surface area contributed by atoms with E-state index >= 15 is 0 Å². The standard InChI is InChI=1S/C18H14N6O2/c25-17(10-24-12-21-15-4-2-1-3-14(15)18(24)26)22-13-5-6-16(20-9-13)23-8-7-19-11-23/h1-9,11-12H,10H2,(H,22,25). The van der Waals surface area contributed by atoms with Crippen LogP contribution in [0.4, 0.5) is 5.69 Å². The molecule has 0 fully saturated rings. The van der Waals surface area contributed by atoms with Crippen LogP contribution in [0.3, 0.4) is 0 Å². The number of fused-ring (bicyclic) bond motifs is 1. The number of carbonyl (C=O) groups excluding carboxylic acids is 1. The summed E-state index contributed by atoms with van der Waals surface area (Å²) in [4.78, 5) is 37.1. The summed E-state index contributed by atoms with van der Waals surface area (Å²) in [7, 11) is 0. The highest BCUT2D eigenvalue weighted by atomic mass is 16.2. The Morgan fingerprint density at radius 1 is 1.08 bits per heavy atom. The maximum absolute atomic E-state index is 12.4. The van der Waals surface area contributed by atoms with Crippen LogP contribution in [0.25, 0.3) is 16.7 Å². The van der Waals surface area contributed by atoms with Crippen molar-refractivity contribution in [3.63, 3.8) is 0 Å². The number of aromatic nitrogens is 5. The number of carbonyl (C=O) groups is 1. The first-order valence-electron chi connectivity index (χ1n) is 7.89. The first-order valence-corrected chi connectivity index (χ1v) is 7.89. The second-order valence-electron chi connectivity index (χ2n) is 5.62. The van der Waals surface area contributed by atoms with E-state index in [9.17, 15) is 9.59 Å². The zero-order chi connectivity index (χ0) is 17.9. The molecule has 0 atom stereocenters. The molecule has 0 aliphatic heterocycles. The maximum atomic E-state index is 12.4. The van der Waals surface area contributed by atoms with Crippen molar-refractivity contribution in [1.82, 2.24) is 24.1 Å². The Morgan fingerprint density at radius 3 is 2.73 bits per heavy atom. The third-order valence-electron chi connectivity index (χ3n) is 3.85. The Labute approximate surface area is 147 Å². The summed E-state index contributed by atoms with van der Waals surface area (Å²) in [6.07, 6.45) is 8.01. The SMILES string of the molecule is O=C(Cn1cnc2ccccc2c1=O)Nc1ccc(-n2ccnc2)nc1. The van der Waals surface area contributed by atoms with Gasteiger partial charge in [-0.25, -0.2) is 15.0 Å². The maximum Gasteiger partial charge on any atom is 0.261 e. The smallest absolute Gasteiger partial charge is 0.261 e. The van der Waals surface area contributed by atoms with Crippen LogP contribution in [0.15, 0.2) is 72.4 Å². The molecule has 0 unspecified atom stereocenters. The summed E-state index contributed by atoms with van der Waals surface area (Å²) in [5, 5.41) is 3.21. The van der Waals surface area contributed by atoms with Gasteiger partial charge in [-0.05, 0) is 24.3 Å². The van der Waals surface area contributed by atoms with E-state index in [1.807, 2.05) is 6.07 Å². The monoisotopic (exact) mass is 346 g/mol. The summed E-state index contributed by atoms with van der Waals surface area (Å²) in [6.45, 7) is -0.125. The van der Waals surface area contributed by atoms with Gasteiger partial charge < -0.3 is 5.32 Å². The summed E-state index contributed by atoms with van der Waals surface area (Å²) in [6, 6.07) is 10.5. The van der Waals surface area contributed by atoms with Gasteiger partial charge in [0.25, 0.3) is 5.56 Å². The molecular formula is C18H14N6O2. The second-order valence-corrected chi connectivity index (χ2v) is 5.62. The van der Waals surface area contributed by atoms with Gasteiger partial charge in [0.2, 0.25) is 5.91 Å². The molecule has 0 spiro atoms. The molecule has 1 amide bonds. The molecular weight excluding hydrogens is 332 g/mol. The van der Waals surface area contributed by atoms with E-state index in [0.29, 0.717) is 22.4 Å². The zero-order valence-corrected chi connectivity index (χ0v) is 13.6. The molecule has 128 valence electrons. The quantitative estimate of drug-likeness (QED) is 0.606. The molecule has 0 saturated heterocycles. The molecule has 0 aliphatic carbocycles. The van der Waals surface area contributed by atoms with Crippen LogP contribution < -0.4 is 10.9 Å². The largest absolute Gasteiger partial charge is 0.323 e. The number of nitrogens with one attached hydrogen (secondary N) is 1. The van der Waals surface area contributed by atoms with Gasteiger partial charge in [0, 0.05) is 12.4 Å². The van der Waals surface area contributed by atoms with Crippen molar-refractivity contribution in [3.05, 3.63) is 78.0 Å². The molecule has 3 heterocycles. The van der Waals surface area contributed by atoms with Gasteiger partial charge in [-0.2, -0.15) is 0 Å². The van der Waals surface area contributed by atoms with Crippen molar-refractivity contribution in [3.8, 4) is 5.82 Å². The fourth-order valence-corrected chi connectivity index (χ4v) is 2.58. The molecule has 0 saturated carbocycles. The molecule has 4 rings (SSSR count). The third-order valence-corrected chi connectivity index (χ3v) is 3.85. The molecule has 26 heavy (non-hydrogen) atoms. The zero-order valence-electron chi connectivity index (χ0n) is 13.6. The van der Waals surface area contributed by atoms with Gasteiger partial charge in [0.1, 0.15) is 18.7 Å². The Hall–Kier alpha value is -3.81. The van der Waals surface area contributed by atoms with E-state index in [0.717, 1.165) is 0 Å². The van der Waals surface area contributed by atoms with Crippen molar-refractivity contribution >= 4 is 22.5 Å². The Balaban J connectivity index is 1.49. The lowest BCUT2D eigenvalue weighted by molar-refractivity contribution is -0.116. The van der Waals surface area contributed by atoms with E-state index in [1.54, 1.807) is 59.8 Å². The number of para-hydroxylation sites is 1. The van der Waals surface area contributed by atoms with Gasteiger partial charge in [-0.3, -0.25) is 18.7 Å². The minimum atomic E-state index is -0.332. The predicted octanol–water partition coefficient (Wildman–Crippen LogP) is 1.62. The molecule has 0 bridgehead atoms. The number of nitrogens with zero attached hydrogens (tertiary/aromatic N) is 5. The van der Waals surface area contributed by atoms with Crippen molar-refractivity contribution in [2.75, 3.05) is 5.32 Å². The van der Waals surface area contributed by atoms with Gasteiger partial charge in [0.15, 0.2) is 0 Å². The van der Waals surface area contributed by atoms with Crippen molar-refractivity contribution in [2.24, 2.45) is 0 Å². The van der Waals surface area contributed by atoms with Gasteiger partial charge in [0.05, 0.1) is 29.1 Å². The summed E-state index contributed by atoms with van der Waals surface area (Å²) >= 11 is 0. The van der Waals surface area contributed by atoms with Gasteiger partial charge in [-0.15, -0.1) is 0 Å². The van der Waals surface area contributed by atoms with Gasteiger partial charge in [-0.1, -0.05) is 12.1 Å².